The molecule has 0 bridgehead atoms. The lowest BCUT2D eigenvalue weighted by Crippen LogP contribution is -2.04. The summed E-state index contributed by atoms with van der Waals surface area (Å²) in [5.41, 5.74) is 15.3. The molecule has 0 spiro atoms. The first-order valence-corrected chi connectivity index (χ1v) is 24.2. The van der Waals surface area contributed by atoms with Crippen LogP contribution in [-0.2, 0) is 0 Å². The van der Waals surface area contributed by atoms with Crippen LogP contribution in [0, 0.1) is 34.0 Å². The monoisotopic (exact) mass is 942 g/mol. The van der Waals surface area contributed by atoms with Crippen molar-refractivity contribution in [2.24, 2.45) is 0 Å². The van der Waals surface area contributed by atoms with E-state index in [1.165, 1.54) is 0 Å². The highest BCUT2D eigenvalue weighted by molar-refractivity contribution is 6.10. The van der Waals surface area contributed by atoms with Gasteiger partial charge in [-0.25, -0.2) is 15.0 Å². The van der Waals surface area contributed by atoms with Gasteiger partial charge in [-0.15, -0.1) is 0 Å². The number of nitriles is 3. The van der Waals surface area contributed by atoms with Gasteiger partial charge in [0, 0.05) is 49.6 Å². The molecule has 8 heteroatoms. The zero-order chi connectivity index (χ0) is 49.7. The number of nitrogens with zero attached hydrogens (tertiary/aromatic N) is 8. The largest absolute Gasteiger partial charge is 0.309 e. The third kappa shape index (κ3) is 7.42. The first kappa shape index (κ1) is 43.3. The fourth-order valence-electron chi connectivity index (χ4n) is 10.4. The van der Waals surface area contributed by atoms with E-state index in [9.17, 15) is 15.8 Å². The van der Waals surface area contributed by atoms with Crippen molar-refractivity contribution >= 4 is 43.6 Å². The first-order chi connectivity index (χ1) is 36.5. The van der Waals surface area contributed by atoms with Crippen LogP contribution in [0.1, 0.15) is 16.7 Å². The molecule has 342 valence electrons. The summed E-state index contributed by atoms with van der Waals surface area (Å²) in [6.45, 7) is 0. The number of fused-ring (bicyclic) bond motifs is 6. The van der Waals surface area contributed by atoms with Gasteiger partial charge in [0.1, 0.15) is 0 Å². The van der Waals surface area contributed by atoms with Crippen molar-refractivity contribution in [1.29, 1.82) is 15.8 Å². The Morgan fingerprint density at radius 2 is 0.662 bits per heavy atom. The average molecular weight is 943 g/mol. The van der Waals surface area contributed by atoms with E-state index in [0.717, 1.165) is 105 Å². The van der Waals surface area contributed by atoms with E-state index in [1.807, 2.05) is 91.0 Å². The highest BCUT2D eigenvalue weighted by Gasteiger charge is 2.22. The van der Waals surface area contributed by atoms with Gasteiger partial charge >= 0.3 is 0 Å². The van der Waals surface area contributed by atoms with Crippen molar-refractivity contribution in [2.45, 2.75) is 0 Å². The van der Waals surface area contributed by atoms with E-state index in [1.54, 1.807) is 0 Å². The Labute approximate surface area is 425 Å². The SMILES string of the molecule is N#Cc1ccc(-c2cccc(-c3nc(-c4ccc(-n5c6ccccc6c6ccccc65)cc4-c4cccc(C#N)c4)nc(-c4ccc(-n5c6ccccc6c6ccccc65)cc4-c4cccc(C#N)c4)n3)c2)cc1. The Hall–Kier alpha value is -10.7. The lowest BCUT2D eigenvalue weighted by molar-refractivity contribution is 1.07. The summed E-state index contributed by atoms with van der Waals surface area (Å²) < 4.78 is 4.57. The maximum absolute atomic E-state index is 10.2. The van der Waals surface area contributed by atoms with Crippen LogP contribution in [0.15, 0.2) is 231 Å². The molecule has 13 aromatic rings. The molecule has 0 aliphatic carbocycles. The van der Waals surface area contributed by atoms with Crippen molar-refractivity contribution in [3.05, 3.63) is 247 Å². The van der Waals surface area contributed by atoms with Gasteiger partial charge in [-0.1, -0.05) is 127 Å². The summed E-state index contributed by atoms with van der Waals surface area (Å²) in [4.78, 5) is 16.2. The van der Waals surface area contributed by atoms with Crippen molar-refractivity contribution in [3.63, 3.8) is 0 Å². The molecule has 0 saturated carbocycles. The zero-order valence-electron chi connectivity index (χ0n) is 39.5. The molecular weight excluding hydrogens is 905 g/mol. The molecule has 0 N–H and O–H groups in total. The van der Waals surface area contributed by atoms with Crippen LogP contribution >= 0.6 is 0 Å². The van der Waals surface area contributed by atoms with E-state index in [4.69, 9.17) is 15.0 Å². The minimum atomic E-state index is 0.433. The Morgan fingerprint density at radius 1 is 0.270 bits per heavy atom. The van der Waals surface area contributed by atoms with Gasteiger partial charge in [0.05, 0.1) is 57.0 Å². The Morgan fingerprint density at radius 3 is 1.11 bits per heavy atom. The van der Waals surface area contributed by atoms with E-state index in [2.05, 4.69) is 167 Å². The predicted molar refractivity (Wildman–Crippen MR) is 295 cm³/mol. The molecule has 0 aliphatic heterocycles. The normalized spacial score (nSPS) is 11.2. The van der Waals surface area contributed by atoms with Gasteiger partial charge in [0.25, 0.3) is 0 Å². The molecule has 0 unspecified atom stereocenters. The van der Waals surface area contributed by atoms with Crippen molar-refractivity contribution in [1.82, 2.24) is 24.1 Å². The Bertz CT molecular complexity index is 4190. The smallest absolute Gasteiger partial charge is 0.164 e. The molecule has 8 nitrogen and oxygen atoms in total. The van der Waals surface area contributed by atoms with Crippen molar-refractivity contribution < 1.29 is 0 Å². The van der Waals surface area contributed by atoms with Gasteiger partial charge in [0.2, 0.25) is 0 Å². The highest BCUT2D eigenvalue weighted by Crippen LogP contribution is 2.41. The number of para-hydroxylation sites is 4. The minimum Gasteiger partial charge on any atom is -0.309 e. The fourth-order valence-corrected chi connectivity index (χ4v) is 10.4. The average Bonchev–Trinajstić information content (AvgIpc) is 4.00. The molecule has 0 amide bonds. The molecule has 10 aromatic carbocycles. The van der Waals surface area contributed by atoms with Gasteiger partial charge < -0.3 is 9.13 Å². The quantitative estimate of drug-likeness (QED) is 0.150. The second-order valence-corrected chi connectivity index (χ2v) is 18.2. The molecule has 3 heterocycles. The van der Waals surface area contributed by atoms with Gasteiger partial charge in [-0.3, -0.25) is 0 Å². The molecule has 0 radical (unpaired) electrons. The summed E-state index contributed by atoms with van der Waals surface area (Å²) in [6.07, 6.45) is 0. The summed E-state index contributed by atoms with van der Waals surface area (Å²) in [6, 6.07) is 84.3. The highest BCUT2D eigenvalue weighted by atomic mass is 15.0. The Kier molecular flexibility index (Phi) is 10.5. The van der Waals surface area contributed by atoms with Gasteiger partial charge in [0.15, 0.2) is 17.5 Å². The van der Waals surface area contributed by atoms with E-state index in [0.29, 0.717) is 34.2 Å². The number of hydrogen-bond acceptors (Lipinski definition) is 6. The molecule has 0 fully saturated rings. The molecular formula is C66H38N8. The van der Waals surface area contributed by atoms with E-state index in [-0.39, 0.29) is 0 Å². The van der Waals surface area contributed by atoms with Gasteiger partial charge in [-0.05, 0) is 137 Å². The number of aromatic nitrogens is 5. The lowest BCUT2D eigenvalue weighted by atomic mass is 9.95. The molecule has 74 heavy (non-hydrogen) atoms. The summed E-state index contributed by atoms with van der Waals surface area (Å²) in [7, 11) is 0. The molecule has 13 rings (SSSR count). The van der Waals surface area contributed by atoms with Crippen molar-refractivity contribution in [2.75, 3.05) is 0 Å². The second-order valence-electron chi connectivity index (χ2n) is 18.2. The number of rotatable bonds is 8. The predicted octanol–water partition coefficient (Wildman–Crippen LogP) is 15.7. The van der Waals surface area contributed by atoms with Crippen molar-refractivity contribution in [3.8, 4) is 97.1 Å². The topological polar surface area (TPSA) is 120 Å². The maximum Gasteiger partial charge on any atom is 0.164 e. The van der Waals surface area contributed by atoms with Gasteiger partial charge in [-0.2, -0.15) is 15.8 Å². The third-order valence-corrected chi connectivity index (χ3v) is 13.9. The number of benzene rings is 10. The molecule has 0 aliphatic rings. The van der Waals surface area contributed by atoms with E-state index < -0.39 is 0 Å². The summed E-state index contributed by atoms with van der Waals surface area (Å²) >= 11 is 0. The minimum absolute atomic E-state index is 0.433. The molecule has 0 saturated heterocycles. The van der Waals surface area contributed by atoms with Crippen LogP contribution in [0.5, 0.6) is 0 Å². The maximum atomic E-state index is 10.2. The van der Waals surface area contributed by atoms with Crippen LogP contribution < -0.4 is 0 Å². The first-order valence-electron chi connectivity index (χ1n) is 24.2. The van der Waals surface area contributed by atoms with Crippen LogP contribution in [-0.4, -0.2) is 24.1 Å². The molecule has 3 aromatic heterocycles. The fraction of sp³-hybridized carbons (Fsp3) is 0. The Balaban J connectivity index is 1.08. The van der Waals surface area contributed by atoms with Crippen LogP contribution in [0.4, 0.5) is 0 Å². The second kappa shape index (κ2) is 17.9. The molecule has 0 atom stereocenters. The third-order valence-electron chi connectivity index (χ3n) is 13.9. The van der Waals surface area contributed by atoms with Crippen LogP contribution in [0.3, 0.4) is 0 Å². The standard InChI is InChI=1S/C66H38N8/c67-39-42-26-28-45(29-27-42)46-14-11-17-49(36-46)64-70-65(56-32-30-50(37-58(56)47-15-9-12-43(34-47)40-68)73-60-22-5-1-18-52(60)53-19-2-6-23-61(53)73)72-66(71-64)57-33-31-51(38-59(57)48-16-10-13-44(35-48)41-69)74-62-24-7-3-20-54(62)55-21-4-8-25-63(55)74/h1-38H. The summed E-state index contributed by atoms with van der Waals surface area (Å²) in [5, 5.41) is 34.6. The zero-order valence-corrected chi connectivity index (χ0v) is 39.5. The number of hydrogen-bond donors (Lipinski definition) is 0. The van der Waals surface area contributed by atoms with Crippen LogP contribution in [0.25, 0.3) is 123 Å². The summed E-state index contributed by atoms with van der Waals surface area (Å²) in [5.74, 6) is 1.32. The lowest BCUT2D eigenvalue weighted by Gasteiger charge is -2.17. The van der Waals surface area contributed by atoms with E-state index >= 15 is 0 Å². The van der Waals surface area contributed by atoms with Crippen LogP contribution in [0.2, 0.25) is 0 Å².